The second kappa shape index (κ2) is 4.37. The summed E-state index contributed by atoms with van der Waals surface area (Å²) in [6.07, 6.45) is 3.20. The minimum absolute atomic E-state index is 0.217. The lowest BCUT2D eigenvalue weighted by Crippen LogP contribution is -2.33. The van der Waals surface area contributed by atoms with Crippen LogP contribution in [0, 0.1) is 0 Å². The highest BCUT2D eigenvalue weighted by Crippen LogP contribution is 2.39. The molecule has 1 aromatic rings. The zero-order chi connectivity index (χ0) is 13.6. The topological polar surface area (TPSA) is 40.6 Å². The molecule has 0 bridgehead atoms. The second-order valence-electron chi connectivity index (χ2n) is 5.33. The number of hydrogen-bond acceptors (Lipinski definition) is 3. The van der Waals surface area contributed by atoms with Crippen molar-refractivity contribution in [1.29, 1.82) is 0 Å². The number of carbonyl (C=O) groups is 2. The van der Waals surface area contributed by atoms with E-state index in [0.29, 0.717) is 0 Å². The molecule has 2 aliphatic rings. The lowest BCUT2D eigenvalue weighted by atomic mass is 9.98. The van der Waals surface area contributed by atoms with Crippen LogP contribution >= 0.6 is 0 Å². The number of benzene rings is 1. The van der Waals surface area contributed by atoms with Crippen LogP contribution in [0.4, 0.5) is 11.4 Å². The van der Waals surface area contributed by atoms with Gasteiger partial charge in [0.15, 0.2) is 0 Å². The van der Waals surface area contributed by atoms with Gasteiger partial charge in [0.1, 0.15) is 0 Å². The molecule has 4 heteroatoms. The van der Waals surface area contributed by atoms with Crippen LogP contribution in [0.25, 0.3) is 0 Å². The van der Waals surface area contributed by atoms with Crippen molar-refractivity contribution in [2.45, 2.75) is 33.1 Å². The largest absolute Gasteiger partial charge is 0.371 e. The normalized spacial score (nSPS) is 16.2. The first kappa shape index (κ1) is 12.2. The van der Waals surface area contributed by atoms with Gasteiger partial charge in [-0.15, -0.1) is 0 Å². The van der Waals surface area contributed by atoms with Gasteiger partial charge >= 0.3 is 0 Å². The molecule has 0 aromatic heterocycles. The average Bonchev–Trinajstić information content (AvgIpc) is 2.73. The van der Waals surface area contributed by atoms with Gasteiger partial charge in [-0.2, -0.15) is 0 Å². The number of imide groups is 1. The van der Waals surface area contributed by atoms with Gasteiger partial charge in [-0.05, 0) is 42.5 Å². The highest BCUT2D eigenvalue weighted by molar-refractivity contribution is 6.13. The Bertz CT molecular complexity index is 552. The summed E-state index contributed by atoms with van der Waals surface area (Å²) in [6.45, 7) is 5.06. The molecule has 4 nitrogen and oxygen atoms in total. The molecule has 19 heavy (non-hydrogen) atoms. The van der Waals surface area contributed by atoms with Crippen molar-refractivity contribution in [3.63, 3.8) is 0 Å². The van der Waals surface area contributed by atoms with Crippen LogP contribution in [0.5, 0.6) is 0 Å². The molecule has 0 saturated carbocycles. The van der Waals surface area contributed by atoms with Gasteiger partial charge in [0.25, 0.3) is 0 Å². The van der Waals surface area contributed by atoms with Crippen LogP contribution in [-0.4, -0.2) is 24.9 Å². The molecule has 3 rings (SSSR count). The molecule has 0 unspecified atom stereocenters. The Morgan fingerprint density at radius 1 is 1.05 bits per heavy atom. The Kier molecular flexibility index (Phi) is 2.81. The smallest absolute Gasteiger partial charge is 0.230 e. The monoisotopic (exact) mass is 258 g/mol. The Morgan fingerprint density at radius 3 is 2.32 bits per heavy atom. The van der Waals surface area contributed by atoms with Crippen molar-refractivity contribution in [3.05, 3.63) is 23.3 Å². The Morgan fingerprint density at radius 2 is 1.68 bits per heavy atom. The van der Waals surface area contributed by atoms with Gasteiger partial charge in [-0.1, -0.05) is 0 Å². The molecular weight excluding hydrogens is 240 g/mol. The van der Waals surface area contributed by atoms with E-state index >= 15 is 0 Å². The first-order valence-electron chi connectivity index (χ1n) is 6.80. The third-order valence-corrected chi connectivity index (χ3v) is 3.98. The second-order valence-corrected chi connectivity index (χ2v) is 5.33. The Balaban J connectivity index is 2.10. The zero-order valence-electron chi connectivity index (χ0n) is 11.4. The van der Waals surface area contributed by atoms with Crippen LogP contribution in [-0.2, 0) is 22.4 Å². The highest BCUT2D eigenvalue weighted by atomic mass is 16.2. The number of hydrogen-bond donors (Lipinski definition) is 0. The molecule has 2 heterocycles. The number of aryl methyl sites for hydroxylation is 1. The van der Waals surface area contributed by atoms with Crippen molar-refractivity contribution in [2.75, 3.05) is 22.9 Å². The summed E-state index contributed by atoms with van der Waals surface area (Å²) in [5.41, 5.74) is 4.64. The molecular formula is C15H18N2O2. The lowest BCUT2D eigenvalue weighted by molar-refractivity contribution is -0.124. The molecule has 2 aliphatic heterocycles. The third kappa shape index (κ3) is 1.91. The van der Waals surface area contributed by atoms with Crippen molar-refractivity contribution in [2.24, 2.45) is 0 Å². The zero-order valence-corrected chi connectivity index (χ0v) is 11.4. The fourth-order valence-electron chi connectivity index (χ4n) is 3.29. The molecule has 100 valence electrons. The molecule has 1 aromatic carbocycles. The van der Waals surface area contributed by atoms with E-state index in [1.54, 1.807) is 0 Å². The molecule has 0 atom stereocenters. The van der Waals surface area contributed by atoms with E-state index in [2.05, 4.69) is 4.90 Å². The van der Waals surface area contributed by atoms with Gasteiger partial charge in [-0.3, -0.25) is 14.5 Å². The summed E-state index contributed by atoms with van der Waals surface area (Å²) < 4.78 is 0. The maximum Gasteiger partial charge on any atom is 0.230 e. The molecule has 0 fully saturated rings. The minimum atomic E-state index is -0.217. The van der Waals surface area contributed by atoms with Crippen molar-refractivity contribution in [3.8, 4) is 0 Å². The number of carbonyl (C=O) groups excluding carboxylic acids is 2. The Hall–Kier alpha value is -1.84. The van der Waals surface area contributed by atoms with E-state index in [1.165, 1.54) is 35.6 Å². The molecule has 0 spiro atoms. The van der Waals surface area contributed by atoms with Gasteiger partial charge in [0.2, 0.25) is 11.8 Å². The van der Waals surface area contributed by atoms with E-state index in [9.17, 15) is 9.59 Å². The quantitative estimate of drug-likeness (QED) is 0.772. The first-order valence-corrected chi connectivity index (χ1v) is 6.80. The maximum atomic E-state index is 11.7. The van der Waals surface area contributed by atoms with Gasteiger partial charge in [0, 0.05) is 32.6 Å². The van der Waals surface area contributed by atoms with E-state index < -0.39 is 0 Å². The van der Waals surface area contributed by atoms with Gasteiger partial charge < -0.3 is 4.90 Å². The van der Waals surface area contributed by atoms with Crippen molar-refractivity contribution < 1.29 is 9.59 Å². The fraction of sp³-hybridized carbons (Fsp3) is 0.467. The SMILES string of the molecule is CC(=O)N(C(C)=O)c1cc2c3c(c1)CCN3CCC2. The molecule has 2 amide bonds. The van der Waals surface area contributed by atoms with Crippen LogP contribution in [0.2, 0.25) is 0 Å². The van der Waals surface area contributed by atoms with E-state index in [1.807, 2.05) is 12.1 Å². The lowest BCUT2D eigenvalue weighted by Gasteiger charge is -2.28. The fourth-order valence-corrected chi connectivity index (χ4v) is 3.29. The standard InChI is InChI=1S/C15H18N2O2/c1-10(18)17(11(2)19)14-8-12-4-3-6-16-7-5-13(9-14)15(12)16/h8-9H,3-7H2,1-2H3. The molecule has 0 radical (unpaired) electrons. The summed E-state index contributed by atoms with van der Waals surface area (Å²) in [6, 6.07) is 4.02. The van der Waals surface area contributed by atoms with E-state index in [-0.39, 0.29) is 11.8 Å². The first-order chi connectivity index (χ1) is 9.08. The minimum Gasteiger partial charge on any atom is -0.371 e. The van der Waals surface area contributed by atoms with Crippen molar-refractivity contribution >= 4 is 23.2 Å². The molecule has 0 N–H and O–H groups in total. The van der Waals surface area contributed by atoms with E-state index in [0.717, 1.165) is 38.0 Å². The van der Waals surface area contributed by atoms with Crippen LogP contribution in [0.3, 0.4) is 0 Å². The summed E-state index contributed by atoms with van der Waals surface area (Å²) >= 11 is 0. The number of anilines is 2. The third-order valence-electron chi connectivity index (χ3n) is 3.98. The molecule has 0 saturated heterocycles. The summed E-state index contributed by atoms with van der Waals surface area (Å²) in [5.74, 6) is -0.435. The number of amides is 2. The van der Waals surface area contributed by atoms with Crippen LogP contribution in [0.15, 0.2) is 12.1 Å². The van der Waals surface area contributed by atoms with E-state index in [4.69, 9.17) is 0 Å². The highest BCUT2D eigenvalue weighted by Gasteiger charge is 2.28. The van der Waals surface area contributed by atoms with Gasteiger partial charge in [-0.25, -0.2) is 0 Å². The Labute approximate surface area is 113 Å². The summed E-state index contributed by atoms with van der Waals surface area (Å²) in [7, 11) is 0. The number of nitrogens with zero attached hydrogens (tertiary/aromatic N) is 2. The summed E-state index contributed by atoms with van der Waals surface area (Å²) in [5, 5.41) is 0. The van der Waals surface area contributed by atoms with Crippen LogP contribution in [0.1, 0.15) is 31.4 Å². The maximum absolute atomic E-state index is 11.7. The molecule has 0 aliphatic carbocycles. The van der Waals surface area contributed by atoms with Crippen LogP contribution < -0.4 is 9.80 Å². The number of rotatable bonds is 1. The van der Waals surface area contributed by atoms with Gasteiger partial charge in [0.05, 0.1) is 5.69 Å². The van der Waals surface area contributed by atoms with Crippen molar-refractivity contribution in [1.82, 2.24) is 0 Å². The predicted molar refractivity (Wildman–Crippen MR) is 74.5 cm³/mol. The predicted octanol–water partition coefficient (Wildman–Crippen LogP) is 1.89. The summed E-state index contributed by atoms with van der Waals surface area (Å²) in [4.78, 5) is 27.0. The average molecular weight is 258 g/mol.